The molecule has 0 N–H and O–H groups in total. The fraction of sp³-hybridized carbons (Fsp3) is 0. The molecule has 1 aromatic carbocycles. The van der Waals surface area contributed by atoms with Gasteiger partial charge in [-0.2, -0.15) is 0 Å². The Balaban J connectivity index is 1.67. The molecule has 4 heterocycles. The van der Waals surface area contributed by atoms with E-state index in [1.165, 1.54) is 0 Å². The van der Waals surface area contributed by atoms with E-state index in [4.69, 9.17) is 0 Å². The lowest BCUT2D eigenvalue weighted by Gasteiger charge is -2.03. The van der Waals surface area contributed by atoms with Crippen LogP contribution in [0, 0.1) is 47.4 Å². The molecule has 5 rings (SSSR count). The minimum atomic E-state index is 0.663. The van der Waals surface area contributed by atoms with Crippen LogP contribution in [0.2, 0.25) is 0 Å². The predicted octanol–water partition coefficient (Wildman–Crippen LogP) is 4.87. The number of rotatable bonds is 0. The van der Waals surface area contributed by atoms with Gasteiger partial charge in [-0.05, 0) is 84.3 Å². The van der Waals surface area contributed by atoms with Crippen LogP contribution in [0.25, 0.3) is 0 Å². The van der Waals surface area contributed by atoms with E-state index in [-0.39, 0.29) is 0 Å². The van der Waals surface area contributed by atoms with Crippen LogP contribution < -0.4 is 0 Å². The zero-order valence-electron chi connectivity index (χ0n) is 20.2. The molecule has 0 bridgehead atoms. The average Bonchev–Trinajstić information content (AvgIpc) is 2.99. The first-order chi connectivity index (χ1) is 18.8. The summed E-state index contributed by atoms with van der Waals surface area (Å²) >= 11 is 0. The first-order valence-corrected chi connectivity index (χ1v) is 11.7. The topological polar surface area (TPSA) is 51.6 Å². The Hall–Kier alpha value is -5.94. The lowest BCUT2D eigenvalue weighted by molar-refractivity contribution is 1.28. The van der Waals surface area contributed by atoms with Crippen LogP contribution in [0.5, 0.6) is 0 Å². The lowest BCUT2D eigenvalue weighted by atomic mass is 9.98. The predicted molar refractivity (Wildman–Crippen MR) is 147 cm³/mol. The van der Waals surface area contributed by atoms with Gasteiger partial charge >= 0.3 is 0 Å². The number of aromatic nitrogens is 4. The Bertz CT molecular complexity index is 1530. The molecule has 0 fully saturated rings. The van der Waals surface area contributed by atoms with Crippen molar-refractivity contribution < 1.29 is 0 Å². The minimum Gasteiger partial charge on any atom is -0.248 e. The van der Waals surface area contributed by atoms with E-state index in [9.17, 15) is 0 Å². The van der Waals surface area contributed by atoms with Gasteiger partial charge in [0.1, 0.15) is 22.8 Å². The molecule has 4 heteroatoms. The Morgan fingerprint density at radius 2 is 0.579 bits per heavy atom. The van der Waals surface area contributed by atoms with Crippen molar-refractivity contribution in [3.63, 3.8) is 0 Å². The van der Waals surface area contributed by atoms with Gasteiger partial charge < -0.3 is 0 Å². The highest BCUT2D eigenvalue weighted by Gasteiger charge is 2.06. The number of hydrogen-bond donors (Lipinski definition) is 0. The summed E-state index contributed by atoms with van der Waals surface area (Å²) in [4.78, 5) is 17.2. The van der Waals surface area contributed by atoms with Crippen molar-refractivity contribution in [1.82, 2.24) is 19.9 Å². The second-order valence-corrected chi connectivity index (χ2v) is 7.80. The number of nitrogens with zero attached hydrogens (tertiary/aromatic N) is 4. The molecule has 0 saturated heterocycles. The molecular weight excluding hydrogens is 464 g/mol. The van der Waals surface area contributed by atoms with Crippen molar-refractivity contribution in [2.24, 2.45) is 0 Å². The third kappa shape index (κ3) is 6.59. The van der Waals surface area contributed by atoms with Gasteiger partial charge in [0.2, 0.25) is 0 Å². The standard InChI is InChI=1S/C34H18N4/c1-5-21-35-31(9-1)17-13-27-25-29(15-19-33-11-3-7-23-37-33)30(16-20-34-12-4-8-24-38-34)26-28(27)14-18-32-10-2-6-22-36-32/h1-12,21-26H. The third-order valence-electron chi connectivity index (χ3n) is 5.12. The molecule has 0 aliphatic rings. The van der Waals surface area contributed by atoms with Crippen molar-refractivity contribution >= 4 is 0 Å². The van der Waals surface area contributed by atoms with E-state index in [1.807, 2.05) is 84.9 Å². The van der Waals surface area contributed by atoms with Crippen LogP contribution in [0.15, 0.2) is 110 Å². The highest BCUT2D eigenvalue weighted by atomic mass is 14.7. The summed E-state index contributed by atoms with van der Waals surface area (Å²) in [6.07, 6.45) is 6.86. The zero-order valence-corrected chi connectivity index (χ0v) is 20.2. The number of pyridine rings is 4. The minimum absolute atomic E-state index is 0.663. The average molecular weight is 483 g/mol. The third-order valence-corrected chi connectivity index (χ3v) is 5.12. The van der Waals surface area contributed by atoms with Crippen molar-refractivity contribution in [2.45, 2.75) is 0 Å². The Labute approximate surface area is 221 Å². The van der Waals surface area contributed by atoms with Gasteiger partial charge in [0.25, 0.3) is 0 Å². The highest BCUT2D eigenvalue weighted by molar-refractivity contribution is 5.63. The van der Waals surface area contributed by atoms with Gasteiger partial charge in [-0.3, -0.25) is 0 Å². The van der Waals surface area contributed by atoms with Crippen molar-refractivity contribution in [3.8, 4) is 47.4 Å². The Kier molecular flexibility index (Phi) is 7.61. The van der Waals surface area contributed by atoms with E-state index in [1.54, 1.807) is 24.8 Å². The van der Waals surface area contributed by atoms with Crippen LogP contribution in [0.1, 0.15) is 45.0 Å². The zero-order chi connectivity index (χ0) is 25.8. The van der Waals surface area contributed by atoms with Gasteiger partial charge in [-0.25, -0.2) is 19.9 Å². The lowest BCUT2D eigenvalue weighted by Crippen LogP contribution is -1.94. The molecule has 0 unspecified atom stereocenters. The molecule has 0 aliphatic carbocycles. The quantitative estimate of drug-likeness (QED) is 0.296. The molecule has 0 atom stereocenters. The summed E-state index contributed by atoms with van der Waals surface area (Å²) in [5, 5.41) is 0. The maximum absolute atomic E-state index is 4.31. The maximum Gasteiger partial charge on any atom is 0.113 e. The SMILES string of the molecule is C(#Cc1cc(C#Cc2ccccn2)c(C#Cc2ccccn2)cc1C#Cc1ccccn1)c1ccccn1. The Morgan fingerprint density at radius 3 is 0.789 bits per heavy atom. The second-order valence-electron chi connectivity index (χ2n) is 7.80. The Morgan fingerprint density at radius 1 is 0.316 bits per heavy atom. The summed E-state index contributed by atoms with van der Waals surface area (Å²) in [5.74, 6) is 25.4. The molecule has 0 spiro atoms. The second kappa shape index (κ2) is 12.2. The molecular formula is C34H18N4. The van der Waals surface area contributed by atoms with Crippen molar-refractivity contribution in [3.05, 3.63) is 155 Å². The van der Waals surface area contributed by atoms with Crippen molar-refractivity contribution in [2.75, 3.05) is 0 Å². The van der Waals surface area contributed by atoms with E-state index >= 15 is 0 Å². The van der Waals surface area contributed by atoms with Gasteiger partial charge in [0.15, 0.2) is 0 Å². The molecule has 0 amide bonds. The van der Waals surface area contributed by atoms with E-state index < -0.39 is 0 Å². The van der Waals surface area contributed by atoms with Crippen molar-refractivity contribution in [1.29, 1.82) is 0 Å². The summed E-state index contributed by atoms with van der Waals surface area (Å²) in [6, 6.07) is 26.3. The molecule has 38 heavy (non-hydrogen) atoms. The van der Waals surface area contributed by atoms with E-state index in [2.05, 4.69) is 67.3 Å². The smallest absolute Gasteiger partial charge is 0.113 e. The monoisotopic (exact) mass is 482 g/mol. The first kappa shape index (κ1) is 23.8. The van der Waals surface area contributed by atoms with Crippen LogP contribution >= 0.6 is 0 Å². The number of hydrogen-bond acceptors (Lipinski definition) is 4. The van der Waals surface area contributed by atoms with Gasteiger partial charge in [-0.1, -0.05) is 47.9 Å². The van der Waals surface area contributed by atoms with E-state index in [0.29, 0.717) is 45.0 Å². The normalized spacial score (nSPS) is 9.26. The maximum atomic E-state index is 4.31. The van der Waals surface area contributed by atoms with Crippen LogP contribution in [0.3, 0.4) is 0 Å². The fourth-order valence-electron chi connectivity index (χ4n) is 3.29. The molecule has 4 aromatic heterocycles. The fourth-order valence-corrected chi connectivity index (χ4v) is 3.29. The molecule has 0 aliphatic heterocycles. The summed E-state index contributed by atoms with van der Waals surface area (Å²) in [7, 11) is 0. The molecule has 0 radical (unpaired) electrons. The first-order valence-electron chi connectivity index (χ1n) is 11.7. The summed E-state index contributed by atoms with van der Waals surface area (Å²) < 4.78 is 0. The van der Waals surface area contributed by atoms with Gasteiger partial charge in [-0.15, -0.1) is 0 Å². The molecule has 4 nitrogen and oxygen atoms in total. The molecule has 174 valence electrons. The summed E-state index contributed by atoms with van der Waals surface area (Å²) in [6.45, 7) is 0. The molecule has 5 aromatic rings. The highest BCUT2D eigenvalue weighted by Crippen LogP contribution is 2.16. The summed E-state index contributed by atoms with van der Waals surface area (Å²) in [5.41, 5.74) is 5.52. The molecule has 0 saturated carbocycles. The van der Waals surface area contributed by atoms with Crippen LogP contribution in [0.4, 0.5) is 0 Å². The van der Waals surface area contributed by atoms with Gasteiger partial charge in [0, 0.05) is 47.0 Å². The van der Waals surface area contributed by atoms with E-state index in [0.717, 1.165) is 0 Å². The number of benzene rings is 1. The van der Waals surface area contributed by atoms with Gasteiger partial charge in [0.05, 0.1) is 0 Å². The largest absolute Gasteiger partial charge is 0.248 e. The van der Waals surface area contributed by atoms with Crippen LogP contribution in [-0.4, -0.2) is 19.9 Å². The van der Waals surface area contributed by atoms with Crippen LogP contribution in [-0.2, 0) is 0 Å².